The van der Waals surface area contributed by atoms with Gasteiger partial charge in [-0.05, 0) is 0 Å². The van der Waals surface area contributed by atoms with Gasteiger partial charge in [-0.1, -0.05) is 0 Å². The predicted molar refractivity (Wildman–Crippen MR) is 51.0 cm³/mol. The Bertz CT molecular complexity index is 284. The van der Waals surface area contributed by atoms with Crippen molar-refractivity contribution in [2.45, 2.75) is 6.42 Å². The number of nitrogens with zero attached hydrogens (tertiary/aromatic N) is 2. The van der Waals surface area contributed by atoms with Crippen molar-refractivity contribution in [2.75, 3.05) is 27.2 Å². The molecule has 1 amide bonds. The van der Waals surface area contributed by atoms with Crippen molar-refractivity contribution in [2.24, 2.45) is 0 Å². The summed E-state index contributed by atoms with van der Waals surface area (Å²) < 4.78 is 0. The van der Waals surface area contributed by atoms with Crippen molar-refractivity contribution in [1.82, 2.24) is 9.80 Å². The van der Waals surface area contributed by atoms with Gasteiger partial charge in [-0.25, -0.2) is 4.79 Å². The molecule has 1 aliphatic rings. The number of hydrogen-bond acceptors (Lipinski definition) is 3. The van der Waals surface area contributed by atoms with Crippen LogP contribution in [-0.2, 0) is 4.79 Å². The summed E-state index contributed by atoms with van der Waals surface area (Å²) in [6.45, 7) is 0.505. The molecule has 0 saturated carbocycles. The minimum Gasteiger partial charge on any atom is -0.465 e. The van der Waals surface area contributed by atoms with Gasteiger partial charge in [-0.3, -0.25) is 4.79 Å². The second kappa shape index (κ2) is 4.13. The number of carbonyl (C=O) groups is 2. The molecule has 1 aliphatic heterocycles. The van der Waals surface area contributed by atoms with Crippen LogP contribution < -0.4 is 0 Å². The van der Waals surface area contributed by atoms with Crippen LogP contribution in [0.25, 0.3) is 0 Å². The quantitative estimate of drug-likeness (QED) is 0.619. The van der Waals surface area contributed by atoms with Crippen molar-refractivity contribution in [3.05, 3.63) is 11.8 Å². The summed E-state index contributed by atoms with van der Waals surface area (Å²) in [5, 5.41) is 8.75. The second-order valence-corrected chi connectivity index (χ2v) is 3.50. The molecular weight excluding hydrogens is 184 g/mol. The normalized spacial score (nSPS) is 20.0. The number of rotatable bonds is 1. The van der Waals surface area contributed by atoms with Crippen LogP contribution in [0.5, 0.6) is 0 Å². The molecule has 1 N–H and O–H groups in total. The maximum absolute atomic E-state index is 11.4. The third-order valence-electron chi connectivity index (χ3n) is 2.01. The zero-order chi connectivity index (χ0) is 10.7. The van der Waals surface area contributed by atoms with Gasteiger partial charge in [0.25, 0.3) is 0 Å². The highest BCUT2D eigenvalue weighted by atomic mass is 16.4. The molecule has 0 spiro atoms. The standard InChI is InChI=1S/C9H14N2O3/c1-10(2)5-7-6-11(9(13)14)4-3-8(7)12/h5H,3-4,6H2,1-2H3,(H,13,14)/b7-5-. The summed E-state index contributed by atoms with van der Waals surface area (Å²) in [4.78, 5) is 25.0. The number of hydrogen-bond donors (Lipinski definition) is 1. The van der Waals surface area contributed by atoms with Crippen molar-refractivity contribution in [3.8, 4) is 0 Å². The third kappa shape index (κ3) is 2.48. The Balaban J connectivity index is 2.74. The van der Waals surface area contributed by atoms with E-state index in [-0.39, 0.29) is 18.7 Å². The van der Waals surface area contributed by atoms with E-state index < -0.39 is 6.09 Å². The molecular formula is C9H14N2O3. The van der Waals surface area contributed by atoms with E-state index in [0.717, 1.165) is 0 Å². The van der Waals surface area contributed by atoms with Gasteiger partial charge in [-0.2, -0.15) is 0 Å². The molecule has 0 aromatic carbocycles. The lowest BCUT2D eigenvalue weighted by Crippen LogP contribution is -2.39. The topological polar surface area (TPSA) is 60.9 Å². The molecule has 0 aromatic heterocycles. The lowest BCUT2D eigenvalue weighted by Gasteiger charge is -2.25. The lowest BCUT2D eigenvalue weighted by molar-refractivity contribution is -0.117. The van der Waals surface area contributed by atoms with Crippen molar-refractivity contribution in [1.29, 1.82) is 0 Å². The van der Waals surface area contributed by atoms with Gasteiger partial charge in [0.15, 0.2) is 5.78 Å². The number of carbonyl (C=O) groups excluding carboxylic acids is 1. The van der Waals surface area contributed by atoms with E-state index in [1.54, 1.807) is 25.2 Å². The first kappa shape index (κ1) is 10.6. The van der Waals surface area contributed by atoms with Gasteiger partial charge < -0.3 is 14.9 Å². The maximum Gasteiger partial charge on any atom is 0.407 e. The molecule has 5 heteroatoms. The number of amides is 1. The van der Waals surface area contributed by atoms with E-state index in [1.165, 1.54) is 4.90 Å². The fourth-order valence-corrected chi connectivity index (χ4v) is 1.36. The van der Waals surface area contributed by atoms with E-state index in [1.807, 2.05) is 0 Å². The van der Waals surface area contributed by atoms with E-state index in [4.69, 9.17) is 5.11 Å². The molecule has 1 rings (SSSR count). The van der Waals surface area contributed by atoms with E-state index in [0.29, 0.717) is 12.1 Å². The maximum atomic E-state index is 11.4. The smallest absolute Gasteiger partial charge is 0.407 e. The Morgan fingerprint density at radius 3 is 2.71 bits per heavy atom. The molecule has 1 saturated heterocycles. The third-order valence-corrected chi connectivity index (χ3v) is 2.01. The molecule has 5 nitrogen and oxygen atoms in total. The Kier molecular flexibility index (Phi) is 3.11. The van der Waals surface area contributed by atoms with Gasteiger partial charge in [-0.15, -0.1) is 0 Å². The van der Waals surface area contributed by atoms with Gasteiger partial charge in [0, 0.05) is 38.8 Å². The molecule has 1 heterocycles. The Hall–Kier alpha value is -1.52. The molecule has 1 fully saturated rings. The van der Waals surface area contributed by atoms with Crippen LogP contribution in [0.2, 0.25) is 0 Å². The monoisotopic (exact) mass is 198 g/mol. The summed E-state index contributed by atoms with van der Waals surface area (Å²) >= 11 is 0. The first-order valence-electron chi connectivity index (χ1n) is 4.39. The highest BCUT2D eigenvalue weighted by Crippen LogP contribution is 2.12. The molecule has 0 aliphatic carbocycles. The number of ketones is 1. The Morgan fingerprint density at radius 1 is 1.57 bits per heavy atom. The summed E-state index contributed by atoms with van der Waals surface area (Å²) in [5.74, 6) is 0.0381. The van der Waals surface area contributed by atoms with Crippen LogP contribution in [0.1, 0.15) is 6.42 Å². The van der Waals surface area contributed by atoms with Crippen LogP contribution in [0.3, 0.4) is 0 Å². The fourth-order valence-electron chi connectivity index (χ4n) is 1.36. The van der Waals surface area contributed by atoms with Crippen LogP contribution >= 0.6 is 0 Å². The lowest BCUT2D eigenvalue weighted by atomic mass is 10.0. The van der Waals surface area contributed by atoms with Crippen molar-refractivity contribution < 1.29 is 14.7 Å². The summed E-state index contributed by atoms with van der Waals surface area (Å²) in [6, 6.07) is 0. The van der Waals surface area contributed by atoms with E-state index in [2.05, 4.69) is 0 Å². The Labute approximate surface area is 82.6 Å². The fraction of sp³-hybridized carbons (Fsp3) is 0.556. The van der Waals surface area contributed by atoms with Gasteiger partial charge in [0.2, 0.25) is 0 Å². The minimum absolute atomic E-state index is 0.0381. The van der Waals surface area contributed by atoms with E-state index in [9.17, 15) is 9.59 Å². The van der Waals surface area contributed by atoms with Crippen LogP contribution in [0.4, 0.5) is 4.79 Å². The SMILES string of the molecule is CN(C)/C=C1/CN(C(=O)O)CCC1=O. The van der Waals surface area contributed by atoms with Gasteiger partial charge in [0.05, 0.1) is 6.54 Å². The van der Waals surface area contributed by atoms with Gasteiger partial charge in [0.1, 0.15) is 0 Å². The molecule has 0 bridgehead atoms. The number of likely N-dealkylation sites (tertiary alicyclic amines) is 1. The zero-order valence-electron chi connectivity index (χ0n) is 8.36. The number of Topliss-reactive ketones (excluding diaryl/α,β-unsaturated/α-hetero) is 1. The average molecular weight is 198 g/mol. The highest BCUT2D eigenvalue weighted by Gasteiger charge is 2.24. The largest absolute Gasteiger partial charge is 0.465 e. The first-order valence-corrected chi connectivity index (χ1v) is 4.39. The number of carboxylic acid groups (broad SMARTS) is 1. The molecule has 14 heavy (non-hydrogen) atoms. The van der Waals surface area contributed by atoms with Crippen LogP contribution in [0.15, 0.2) is 11.8 Å². The predicted octanol–water partition coefficient (Wildman–Crippen LogP) is 0.385. The summed E-state index contributed by atoms with van der Waals surface area (Å²) in [7, 11) is 3.61. The Morgan fingerprint density at radius 2 is 2.21 bits per heavy atom. The highest BCUT2D eigenvalue weighted by molar-refractivity contribution is 5.97. The number of piperidine rings is 1. The molecule has 0 aromatic rings. The minimum atomic E-state index is -0.970. The summed E-state index contributed by atoms with van der Waals surface area (Å²) in [6.07, 6.45) is 0.991. The van der Waals surface area contributed by atoms with Crippen molar-refractivity contribution >= 4 is 11.9 Å². The second-order valence-electron chi connectivity index (χ2n) is 3.50. The van der Waals surface area contributed by atoms with Crippen molar-refractivity contribution in [3.63, 3.8) is 0 Å². The first-order chi connectivity index (χ1) is 6.50. The summed E-state index contributed by atoms with van der Waals surface area (Å²) in [5.41, 5.74) is 0.559. The molecule has 0 radical (unpaired) electrons. The van der Waals surface area contributed by atoms with E-state index >= 15 is 0 Å². The zero-order valence-corrected chi connectivity index (χ0v) is 8.36. The van der Waals surface area contributed by atoms with Crippen LogP contribution in [-0.4, -0.2) is 54.0 Å². The van der Waals surface area contributed by atoms with Gasteiger partial charge >= 0.3 is 6.09 Å². The molecule has 78 valence electrons. The molecule has 0 unspecified atom stereocenters. The van der Waals surface area contributed by atoms with Crippen LogP contribution in [0, 0.1) is 0 Å². The average Bonchev–Trinajstić information content (AvgIpc) is 2.07. The molecule has 0 atom stereocenters.